The molecule has 160 valence electrons. The molecular formula is C11H10N2O12S4. The molecule has 2 aromatic heterocycles. The first kappa shape index (κ1) is 21.5. The maximum absolute atomic E-state index is 11.8. The molecule has 29 heavy (non-hydrogen) atoms. The van der Waals surface area contributed by atoms with Crippen LogP contribution in [0, 0.1) is 0 Å². The molecule has 3 heterocycles. The van der Waals surface area contributed by atoms with Crippen LogP contribution in [-0.4, -0.2) is 65.4 Å². The average Bonchev–Trinajstić information content (AvgIpc) is 2.92. The molecule has 2 aromatic rings. The van der Waals surface area contributed by atoms with Crippen molar-refractivity contribution in [2.75, 3.05) is 0 Å². The third kappa shape index (κ3) is 3.26. The van der Waals surface area contributed by atoms with Crippen molar-refractivity contribution in [1.29, 1.82) is 0 Å². The zero-order valence-corrected chi connectivity index (χ0v) is 16.7. The number of hydrogen-bond donors (Lipinski definition) is 7. The number of fused-ring (bicyclic) bond motifs is 4. The first-order valence-corrected chi connectivity index (χ1v) is 12.0. The van der Waals surface area contributed by atoms with Gasteiger partial charge in [0, 0.05) is 5.56 Å². The van der Waals surface area contributed by atoms with E-state index < -0.39 is 83.0 Å². The molecule has 18 heteroatoms. The number of nitrogens with zero attached hydrogens (tertiary/aromatic N) is 2. The summed E-state index contributed by atoms with van der Waals surface area (Å²) in [6.07, 6.45) is -1.07. The number of aliphatic carboxylic acids is 1. The molecule has 4 bridgehead atoms. The molecule has 1 unspecified atom stereocenters. The van der Waals surface area contributed by atoms with Crippen LogP contribution in [0.5, 0.6) is 23.5 Å². The molecule has 0 saturated heterocycles. The zero-order chi connectivity index (χ0) is 22.0. The van der Waals surface area contributed by atoms with Gasteiger partial charge in [-0.25, -0.2) is 7.94 Å². The summed E-state index contributed by atoms with van der Waals surface area (Å²) in [5.41, 5.74) is -1.80. The van der Waals surface area contributed by atoms with E-state index >= 15 is 0 Å². The molecule has 0 aromatic carbocycles. The molecule has 0 saturated carbocycles. The van der Waals surface area contributed by atoms with Crippen molar-refractivity contribution >= 4 is 48.2 Å². The van der Waals surface area contributed by atoms with Crippen molar-refractivity contribution in [3.05, 3.63) is 11.1 Å². The van der Waals surface area contributed by atoms with Crippen molar-refractivity contribution in [3.63, 3.8) is 0 Å². The third-order valence-corrected chi connectivity index (χ3v) is 7.97. The van der Waals surface area contributed by atoms with Gasteiger partial charge in [0.2, 0.25) is 23.5 Å². The smallest absolute Gasteiger partial charge is 0.311 e. The summed E-state index contributed by atoms with van der Waals surface area (Å²) < 4.78 is 66.3. The van der Waals surface area contributed by atoms with Crippen molar-refractivity contribution in [2.24, 2.45) is 0 Å². The normalized spacial score (nSPS) is 17.2. The summed E-state index contributed by atoms with van der Waals surface area (Å²) in [7, 11) is -9.99. The van der Waals surface area contributed by atoms with E-state index in [1.54, 1.807) is 0 Å². The SMILES string of the molecule is O=C(O)C1Cc2c(S(=O)(=O)O)c(O)n(c2O)SSn2c(O)c1c(S(=O)(=O)O)c2O. The highest BCUT2D eigenvalue weighted by molar-refractivity contribution is 8.75. The molecule has 14 nitrogen and oxygen atoms in total. The molecule has 7 N–H and O–H groups in total. The Morgan fingerprint density at radius 3 is 1.72 bits per heavy atom. The van der Waals surface area contributed by atoms with E-state index in [2.05, 4.69) is 0 Å². The number of carbonyl (C=O) groups is 1. The standard InChI is InChI=1S/C11H10N2O12S4/c14-7-3-1-2(11(18)19)4-6(29(23,24)25)10(17)13(8(4)15)27-26-12(7)9(16)5(3)28(20,21)22/h2,14-17H,1H2,(H,18,19)(H,20,21,22)(H,23,24,25). The minimum Gasteiger partial charge on any atom is -0.494 e. The van der Waals surface area contributed by atoms with E-state index in [0.717, 1.165) is 0 Å². The Labute approximate surface area is 169 Å². The number of carboxylic acid groups (broad SMARTS) is 1. The second-order valence-electron chi connectivity index (χ2n) is 5.63. The van der Waals surface area contributed by atoms with Gasteiger partial charge in [-0.05, 0) is 6.42 Å². The minimum absolute atomic E-state index is 0.218. The van der Waals surface area contributed by atoms with Crippen LogP contribution in [0.4, 0.5) is 0 Å². The van der Waals surface area contributed by atoms with Gasteiger partial charge in [-0.3, -0.25) is 13.9 Å². The first-order chi connectivity index (χ1) is 13.2. The van der Waals surface area contributed by atoms with Gasteiger partial charge in [0.1, 0.15) is 0 Å². The fraction of sp³-hybridized carbons (Fsp3) is 0.182. The molecule has 0 spiro atoms. The van der Waals surface area contributed by atoms with Gasteiger partial charge >= 0.3 is 5.97 Å². The van der Waals surface area contributed by atoms with Crippen LogP contribution in [0.25, 0.3) is 0 Å². The van der Waals surface area contributed by atoms with Crippen molar-refractivity contribution in [1.82, 2.24) is 7.94 Å². The lowest BCUT2D eigenvalue weighted by molar-refractivity contribution is -0.138. The summed E-state index contributed by atoms with van der Waals surface area (Å²) in [5.74, 6) is -8.54. The number of rotatable bonds is 3. The monoisotopic (exact) mass is 490 g/mol. The van der Waals surface area contributed by atoms with Gasteiger partial charge in [0.05, 0.1) is 33.4 Å². The lowest BCUT2D eigenvalue weighted by atomic mass is 9.94. The Balaban J connectivity index is 2.43. The van der Waals surface area contributed by atoms with E-state index in [-0.39, 0.29) is 22.0 Å². The lowest BCUT2D eigenvalue weighted by Gasteiger charge is -2.14. The van der Waals surface area contributed by atoms with E-state index in [0.29, 0.717) is 7.94 Å². The second-order valence-corrected chi connectivity index (χ2v) is 10.3. The van der Waals surface area contributed by atoms with Crippen molar-refractivity contribution in [2.45, 2.75) is 22.1 Å². The predicted octanol–water partition coefficient (Wildman–Crippen LogP) is -0.0625. The Morgan fingerprint density at radius 2 is 1.28 bits per heavy atom. The second kappa shape index (κ2) is 6.64. The Bertz CT molecular complexity index is 1260. The van der Waals surface area contributed by atoms with E-state index in [1.165, 1.54) is 0 Å². The topological polar surface area (TPSA) is 237 Å². The van der Waals surface area contributed by atoms with Gasteiger partial charge in [0.25, 0.3) is 20.2 Å². The third-order valence-electron chi connectivity index (χ3n) is 3.96. The summed E-state index contributed by atoms with van der Waals surface area (Å²) >= 11 is 0. The number of carboxylic acids is 1. The van der Waals surface area contributed by atoms with Gasteiger partial charge in [-0.1, -0.05) is 0 Å². The highest BCUT2D eigenvalue weighted by atomic mass is 33.1. The molecule has 1 atom stereocenters. The molecule has 1 aliphatic rings. The van der Waals surface area contributed by atoms with Crippen LogP contribution in [0.1, 0.15) is 17.0 Å². The molecule has 0 radical (unpaired) electrons. The predicted molar refractivity (Wildman–Crippen MR) is 95.2 cm³/mol. The van der Waals surface area contributed by atoms with E-state index in [1.807, 2.05) is 0 Å². The number of hydrogen-bond acceptors (Lipinski definition) is 11. The Hall–Kier alpha value is -2.25. The molecule has 0 aliphatic carbocycles. The zero-order valence-electron chi connectivity index (χ0n) is 13.5. The molecule has 1 aliphatic heterocycles. The van der Waals surface area contributed by atoms with Gasteiger partial charge in [-0.2, -0.15) is 16.8 Å². The highest BCUT2D eigenvalue weighted by Gasteiger charge is 2.42. The van der Waals surface area contributed by atoms with Gasteiger partial charge in [0.15, 0.2) is 9.79 Å². The maximum Gasteiger partial charge on any atom is 0.311 e. The maximum atomic E-state index is 11.8. The van der Waals surface area contributed by atoms with Crippen molar-refractivity contribution < 1.29 is 56.3 Å². The van der Waals surface area contributed by atoms with Crippen LogP contribution in [0.3, 0.4) is 0 Å². The molecule has 0 fully saturated rings. The van der Waals surface area contributed by atoms with E-state index in [4.69, 9.17) is 0 Å². The Kier molecular flexibility index (Phi) is 4.91. The quantitative estimate of drug-likeness (QED) is 0.220. The minimum atomic E-state index is -5.28. The molecule has 3 rings (SSSR count). The number of aromatic nitrogens is 2. The Morgan fingerprint density at radius 1 is 0.828 bits per heavy atom. The first-order valence-electron chi connectivity index (χ1n) is 7.03. The van der Waals surface area contributed by atoms with Crippen LogP contribution in [0.15, 0.2) is 9.79 Å². The van der Waals surface area contributed by atoms with E-state index in [9.17, 15) is 56.3 Å². The fourth-order valence-corrected chi connectivity index (χ4v) is 6.63. The van der Waals surface area contributed by atoms with Crippen LogP contribution in [-0.2, 0) is 31.5 Å². The van der Waals surface area contributed by atoms with Gasteiger partial charge < -0.3 is 25.5 Å². The largest absolute Gasteiger partial charge is 0.494 e. The average molecular weight is 490 g/mol. The highest BCUT2D eigenvalue weighted by Crippen LogP contribution is 2.52. The van der Waals surface area contributed by atoms with Crippen LogP contribution >= 0.6 is 22.0 Å². The van der Waals surface area contributed by atoms with Crippen LogP contribution < -0.4 is 0 Å². The lowest BCUT2D eigenvalue weighted by Crippen LogP contribution is -2.18. The summed E-state index contributed by atoms with van der Waals surface area (Å²) in [6.45, 7) is 0. The summed E-state index contributed by atoms with van der Waals surface area (Å²) in [4.78, 5) is 9.21. The summed E-state index contributed by atoms with van der Waals surface area (Å²) in [6, 6.07) is 0. The molecular weight excluding hydrogens is 480 g/mol. The number of aromatic hydroxyl groups is 4. The van der Waals surface area contributed by atoms with Gasteiger partial charge in [-0.15, -0.1) is 0 Å². The summed E-state index contributed by atoms with van der Waals surface area (Å²) in [5, 5.41) is 50.3. The molecule has 0 amide bonds. The van der Waals surface area contributed by atoms with Crippen molar-refractivity contribution in [3.8, 4) is 23.5 Å². The fourth-order valence-electron chi connectivity index (χ4n) is 2.82. The van der Waals surface area contributed by atoms with Crippen LogP contribution in [0.2, 0.25) is 0 Å².